The Hall–Kier alpha value is -2.24. The number of hydrogen-bond donors (Lipinski definition) is 0. The average Bonchev–Trinajstić information content (AvgIpc) is 2.99. The van der Waals surface area contributed by atoms with E-state index in [0.717, 1.165) is 27.0 Å². The van der Waals surface area contributed by atoms with Gasteiger partial charge in [0.25, 0.3) is 5.91 Å². The monoisotopic (exact) mass is 396 g/mol. The first kappa shape index (κ1) is 20.5. The number of carbonyl (C=O) groups excluding carboxylic acids is 1. The van der Waals surface area contributed by atoms with E-state index >= 15 is 0 Å². The molecule has 28 heavy (non-hydrogen) atoms. The molecule has 0 atom stereocenters. The van der Waals surface area contributed by atoms with E-state index in [0.29, 0.717) is 26.2 Å². The number of fused-ring (bicyclic) bond motifs is 1. The lowest BCUT2D eigenvalue weighted by atomic mass is 10.1. The molecule has 0 aliphatic heterocycles. The van der Waals surface area contributed by atoms with Crippen molar-refractivity contribution >= 4 is 27.5 Å². The highest BCUT2D eigenvalue weighted by Gasteiger charge is 2.10. The summed E-state index contributed by atoms with van der Waals surface area (Å²) >= 11 is 1.57. The maximum atomic E-state index is 12.6. The standard InChI is InChI=1S/C23H28N2O2S/c1-5-18-7-9-19(10-8-18)15-22(26)24-23-25(11-12-27-6-2)20-13-16(3)17(4)14-21(20)28-23/h7-10,13-14H,5-6,11-12,15H2,1-4H3. The number of nitrogens with zero attached hydrogens (tertiary/aromatic N) is 2. The molecule has 1 amide bonds. The van der Waals surface area contributed by atoms with E-state index in [4.69, 9.17) is 4.74 Å². The topological polar surface area (TPSA) is 43.6 Å². The molecule has 1 heterocycles. The van der Waals surface area contributed by atoms with Crippen LogP contribution in [0.3, 0.4) is 0 Å². The fraction of sp³-hybridized carbons (Fsp3) is 0.391. The summed E-state index contributed by atoms with van der Waals surface area (Å²) in [7, 11) is 0. The highest BCUT2D eigenvalue weighted by atomic mass is 32.1. The van der Waals surface area contributed by atoms with Gasteiger partial charge in [0.05, 0.1) is 23.2 Å². The first-order valence-corrected chi connectivity index (χ1v) is 10.7. The van der Waals surface area contributed by atoms with Crippen LogP contribution in [-0.2, 0) is 28.9 Å². The van der Waals surface area contributed by atoms with Crippen molar-refractivity contribution < 1.29 is 9.53 Å². The Morgan fingerprint density at radius 2 is 1.75 bits per heavy atom. The van der Waals surface area contributed by atoms with Gasteiger partial charge in [-0.15, -0.1) is 0 Å². The van der Waals surface area contributed by atoms with Gasteiger partial charge in [-0.2, -0.15) is 4.99 Å². The molecule has 5 heteroatoms. The van der Waals surface area contributed by atoms with Crippen LogP contribution in [0.1, 0.15) is 36.1 Å². The summed E-state index contributed by atoms with van der Waals surface area (Å²) in [6, 6.07) is 12.6. The fourth-order valence-corrected chi connectivity index (χ4v) is 4.29. The molecule has 0 radical (unpaired) electrons. The molecule has 148 valence electrons. The molecule has 0 unspecified atom stereocenters. The molecule has 1 aromatic heterocycles. The summed E-state index contributed by atoms with van der Waals surface area (Å²) in [5.41, 5.74) is 5.88. The number of aromatic nitrogens is 1. The van der Waals surface area contributed by atoms with Gasteiger partial charge in [-0.05, 0) is 61.6 Å². The van der Waals surface area contributed by atoms with Gasteiger partial charge < -0.3 is 9.30 Å². The van der Waals surface area contributed by atoms with E-state index in [-0.39, 0.29) is 5.91 Å². The van der Waals surface area contributed by atoms with Crippen molar-refractivity contribution in [3.63, 3.8) is 0 Å². The predicted octanol–water partition coefficient (Wildman–Crippen LogP) is 4.59. The van der Waals surface area contributed by atoms with Crippen LogP contribution in [0.5, 0.6) is 0 Å². The Morgan fingerprint density at radius 1 is 1.07 bits per heavy atom. The van der Waals surface area contributed by atoms with Gasteiger partial charge in [0, 0.05) is 13.2 Å². The molecule has 0 aliphatic carbocycles. The smallest absolute Gasteiger partial charge is 0.252 e. The van der Waals surface area contributed by atoms with E-state index in [1.165, 1.54) is 16.7 Å². The third-order valence-electron chi connectivity index (χ3n) is 4.97. The minimum absolute atomic E-state index is 0.116. The fourth-order valence-electron chi connectivity index (χ4n) is 3.14. The third kappa shape index (κ3) is 4.78. The van der Waals surface area contributed by atoms with Crippen LogP contribution in [-0.4, -0.2) is 23.7 Å². The van der Waals surface area contributed by atoms with E-state index in [1.54, 1.807) is 11.3 Å². The van der Waals surface area contributed by atoms with Crippen LogP contribution in [0.15, 0.2) is 41.4 Å². The number of thiazole rings is 1. The van der Waals surface area contributed by atoms with Crippen LogP contribution in [0, 0.1) is 13.8 Å². The Kier molecular flexibility index (Phi) is 6.81. The zero-order valence-corrected chi connectivity index (χ0v) is 17.9. The molecule has 0 spiro atoms. The van der Waals surface area contributed by atoms with Gasteiger partial charge in [-0.1, -0.05) is 42.5 Å². The van der Waals surface area contributed by atoms with Gasteiger partial charge in [0.1, 0.15) is 0 Å². The second kappa shape index (κ2) is 9.30. The van der Waals surface area contributed by atoms with Gasteiger partial charge in [0.2, 0.25) is 0 Å². The zero-order valence-electron chi connectivity index (χ0n) is 17.1. The Labute approximate surface area is 170 Å². The lowest BCUT2D eigenvalue weighted by molar-refractivity contribution is -0.117. The van der Waals surface area contributed by atoms with Crippen molar-refractivity contribution in [1.82, 2.24) is 4.57 Å². The lowest BCUT2D eigenvalue weighted by Crippen LogP contribution is -2.20. The molecule has 0 aliphatic rings. The first-order chi connectivity index (χ1) is 13.5. The van der Waals surface area contributed by atoms with Crippen molar-refractivity contribution in [3.05, 3.63) is 63.5 Å². The van der Waals surface area contributed by atoms with Crippen molar-refractivity contribution in [2.24, 2.45) is 4.99 Å². The van der Waals surface area contributed by atoms with Crippen LogP contribution >= 0.6 is 11.3 Å². The first-order valence-electron chi connectivity index (χ1n) is 9.85. The Balaban J connectivity index is 1.94. The minimum Gasteiger partial charge on any atom is -0.380 e. The Morgan fingerprint density at radius 3 is 2.43 bits per heavy atom. The van der Waals surface area contributed by atoms with Crippen molar-refractivity contribution in [2.45, 2.75) is 47.1 Å². The van der Waals surface area contributed by atoms with Crippen LogP contribution in [0.2, 0.25) is 0 Å². The van der Waals surface area contributed by atoms with Crippen LogP contribution in [0.25, 0.3) is 10.2 Å². The molecule has 0 N–H and O–H groups in total. The van der Waals surface area contributed by atoms with Crippen molar-refractivity contribution in [2.75, 3.05) is 13.2 Å². The molecule has 3 aromatic rings. The summed E-state index contributed by atoms with van der Waals surface area (Å²) in [6.45, 7) is 10.3. The minimum atomic E-state index is -0.116. The predicted molar refractivity (Wildman–Crippen MR) is 116 cm³/mol. The van der Waals surface area contributed by atoms with Crippen LogP contribution < -0.4 is 4.80 Å². The van der Waals surface area contributed by atoms with E-state index in [2.05, 4.69) is 54.6 Å². The molecule has 4 nitrogen and oxygen atoms in total. The van der Waals surface area contributed by atoms with E-state index in [1.807, 2.05) is 19.1 Å². The summed E-state index contributed by atoms with van der Waals surface area (Å²) < 4.78 is 8.81. The summed E-state index contributed by atoms with van der Waals surface area (Å²) in [5, 5.41) is 0. The number of carbonyl (C=O) groups is 1. The summed E-state index contributed by atoms with van der Waals surface area (Å²) in [6.07, 6.45) is 1.32. The third-order valence-corrected chi connectivity index (χ3v) is 6.01. The zero-order chi connectivity index (χ0) is 20.1. The number of rotatable bonds is 7. The van der Waals surface area contributed by atoms with Crippen molar-refractivity contribution in [1.29, 1.82) is 0 Å². The largest absolute Gasteiger partial charge is 0.380 e. The van der Waals surface area contributed by atoms with Crippen LogP contribution in [0.4, 0.5) is 0 Å². The molecular weight excluding hydrogens is 368 g/mol. The highest BCUT2D eigenvalue weighted by molar-refractivity contribution is 7.16. The number of amides is 1. The normalized spacial score (nSPS) is 12.1. The van der Waals surface area contributed by atoms with Gasteiger partial charge in [-0.25, -0.2) is 0 Å². The van der Waals surface area contributed by atoms with Crippen molar-refractivity contribution in [3.8, 4) is 0 Å². The number of aryl methyl sites for hydroxylation is 3. The molecule has 2 aromatic carbocycles. The molecule has 3 rings (SSSR count). The lowest BCUT2D eigenvalue weighted by Gasteiger charge is -2.07. The van der Waals surface area contributed by atoms with Gasteiger partial charge >= 0.3 is 0 Å². The summed E-state index contributed by atoms with van der Waals surface area (Å²) in [4.78, 5) is 17.8. The quantitative estimate of drug-likeness (QED) is 0.548. The number of ether oxygens (including phenoxy) is 1. The number of hydrogen-bond acceptors (Lipinski definition) is 3. The highest BCUT2D eigenvalue weighted by Crippen LogP contribution is 2.22. The molecule has 0 fully saturated rings. The van der Waals surface area contributed by atoms with Gasteiger partial charge in [-0.3, -0.25) is 4.79 Å². The Bertz CT molecular complexity index is 1030. The SMILES string of the molecule is CCOCCn1c(=NC(=O)Cc2ccc(CC)cc2)sc2cc(C)c(C)cc21. The maximum Gasteiger partial charge on any atom is 0.252 e. The second-order valence-corrected chi connectivity index (χ2v) is 8.00. The molecule has 0 saturated heterocycles. The van der Waals surface area contributed by atoms with E-state index < -0.39 is 0 Å². The molecule has 0 bridgehead atoms. The summed E-state index contributed by atoms with van der Waals surface area (Å²) in [5.74, 6) is -0.116. The average molecular weight is 397 g/mol. The van der Waals surface area contributed by atoms with Gasteiger partial charge in [0.15, 0.2) is 4.80 Å². The maximum absolute atomic E-state index is 12.6. The number of benzene rings is 2. The molecular formula is C23H28N2O2S. The second-order valence-electron chi connectivity index (χ2n) is 6.99. The van der Waals surface area contributed by atoms with E-state index in [9.17, 15) is 4.79 Å². The molecule has 0 saturated carbocycles.